The van der Waals surface area contributed by atoms with Gasteiger partial charge in [0.25, 0.3) is 0 Å². The second-order valence-corrected chi connectivity index (χ2v) is 6.62. The van der Waals surface area contributed by atoms with Crippen LogP contribution in [-0.2, 0) is 16.0 Å². The minimum Gasteiger partial charge on any atom is -0.512 e. The monoisotopic (exact) mass is 366 g/mol. The van der Waals surface area contributed by atoms with Crippen LogP contribution in [0.5, 0.6) is 5.75 Å². The van der Waals surface area contributed by atoms with E-state index in [0.29, 0.717) is 28.9 Å². The third-order valence-corrected chi connectivity index (χ3v) is 4.62. The molecule has 0 aliphatic carbocycles. The maximum absolute atomic E-state index is 12.5. The molecule has 1 aromatic heterocycles. The van der Waals surface area contributed by atoms with Gasteiger partial charge in [0, 0.05) is 18.6 Å². The molecule has 1 aliphatic rings. The number of hydrogen-bond donors (Lipinski definition) is 1. The topological polar surface area (TPSA) is 86.0 Å². The van der Waals surface area contributed by atoms with Crippen molar-refractivity contribution in [2.24, 2.45) is 0 Å². The average Bonchev–Trinajstić information content (AvgIpc) is 2.60. The Bertz CT molecular complexity index is 1150. The number of aliphatic hydroxyl groups excluding tert-OH is 1. The molecule has 2 aromatic carbocycles. The van der Waals surface area contributed by atoms with Crippen molar-refractivity contribution in [2.45, 2.75) is 25.9 Å². The van der Waals surface area contributed by atoms with Gasteiger partial charge in [0.1, 0.15) is 23.2 Å². The first-order chi connectivity index (χ1) is 13.0. The number of ether oxygens (including phenoxy) is 2. The molecule has 4 rings (SSSR count). The van der Waals surface area contributed by atoms with Crippen molar-refractivity contribution in [3.05, 3.63) is 57.6 Å². The third-order valence-electron chi connectivity index (χ3n) is 4.62. The van der Waals surface area contributed by atoms with Gasteiger partial charge >= 0.3 is 5.97 Å². The van der Waals surface area contributed by atoms with Gasteiger partial charge < -0.3 is 19.0 Å². The standard InChI is InChI=1S/C21H18O6/c1-11(22)6-14-9-17-20-13(8-15(26-17)10-18(24)25-2)7-12-4-3-5-16(23)19(12)21(20)27-14/h3-7,9,15,22H,8,10H2,1-2H3/b11-6-. The lowest BCUT2D eigenvalue weighted by molar-refractivity contribution is -0.142. The third kappa shape index (κ3) is 3.03. The fourth-order valence-corrected chi connectivity index (χ4v) is 3.54. The highest BCUT2D eigenvalue weighted by molar-refractivity contribution is 6.08. The van der Waals surface area contributed by atoms with Crippen LogP contribution >= 0.6 is 0 Å². The van der Waals surface area contributed by atoms with E-state index < -0.39 is 0 Å². The molecule has 2 heterocycles. The van der Waals surface area contributed by atoms with Crippen molar-refractivity contribution in [1.82, 2.24) is 0 Å². The molecular formula is C21H18O6. The zero-order valence-corrected chi connectivity index (χ0v) is 14.9. The van der Waals surface area contributed by atoms with Crippen molar-refractivity contribution in [2.75, 3.05) is 7.11 Å². The van der Waals surface area contributed by atoms with Gasteiger partial charge in [-0.1, -0.05) is 12.1 Å². The van der Waals surface area contributed by atoms with Crippen LogP contribution in [0.25, 0.3) is 27.8 Å². The second-order valence-electron chi connectivity index (χ2n) is 6.62. The van der Waals surface area contributed by atoms with Crippen molar-refractivity contribution in [1.29, 1.82) is 0 Å². The molecule has 0 spiro atoms. The van der Waals surface area contributed by atoms with E-state index in [2.05, 4.69) is 0 Å². The lowest BCUT2D eigenvalue weighted by atomic mass is 9.94. The number of fused-ring (bicyclic) bond motifs is 2. The minimum atomic E-state index is -0.379. The summed E-state index contributed by atoms with van der Waals surface area (Å²) in [6, 6.07) is 8.65. The quantitative estimate of drug-likeness (QED) is 0.432. The second kappa shape index (κ2) is 6.46. The van der Waals surface area contributed by atoms with E-state index in [1.54, 1.807) is 12.1 Å². The maximum Gasteiger partial charge on any atom is 0.309 e. The predicted octanol–water partition coefficient (Wildman–Crippen LogP) is 3.73. The van der Waals surface area contributed by atoms with Crippen molar-refractivity contribution in [3.63, 3.8) is 0 Å². The molecule has 3 aromatic rings. The van der Waals surface area contributed by atoms with Crippen molar-refractivity contribution < 1.29 is 23.8 Å². The van der Waals surface area contributed by atoms with Crippen LogP contribution in [0.2, 0.25) is 0 Å². The summed E-state index contributed by atoms with van der Waals surface area (Å²) in [4.78, 5) is 24.2. The summed E-state index contributed by atoms with van der Waals surface area (Å²) in [6.45, 7) is 1.53. The SMILES string of the molecule is COC(=O)CC1Cc2cc3cccc(=O)c3c3oc(/C=C(/C)O)cc(c23)O1. The van der Waals surface area contributed by atoms with E-state index in [-0.39, 0.29) is 29.7 Å². The molecule has 1 atom stereocenters. The van der Waals surface area contributed by atoms with Crippen molar-refractivity contribution in [3.8, 4) is 5.75 Å². The summed E-state index contributed by atoms with van der Waals surface area (Å²) in [5.74, 6) is 0.589. The molecule has 0 bridgehead atoms. The normalized spacial score (nSPS) is 16.4. The Morgan fingerprint density at radius 3 is 2.89 bits per heavy atom. The minimum absolute atomic E-state index is 0.0648. The summed E-state index contributed by atoms with van der Waals surface area (Å²) in [6.07, 6.45) is 1.69. The molecule has 1 N–H and O–H groups in total. The Morgan fingerprint density at radius 2 is 2.15 bits per heavy atom. The zero-order chi connectivity index (χ0) is 19.1. The van der Waals surface area contributed by atoms with Gasteiger partial charge in [0.15, 0.2) is 5.43 Å². The van der Waals surface area contributed by atoms with E-state index in [1.165, 1.54) is 26.2 Å². The number of allylic oxidation sites excluding steroid dienone is 1. The zero-order valence-electron chi connectivity index (χ0n) is 14.9. The molecule has 0 amide bonds. The first kappa shape index (κ1) is 17.1. The van der Waals surface area contributed by atoms with Crippen LogP contribution in [-0.4, -0.2) is 24.3 Å². The molecule has 6 heteroatoms. The van der Waals surface area contributed by atoms with Gasteiger partial charge in [-0.15, -0.1) is 0 Å². The fraction of sp³-hybridized carbons (Fsp3) is 0.238. The molecule has 138 valence electrons. The van der Waals surface area contributed by atoms with Gasteiger partial charge in [-0.2, -0.15) is 0 Å². The Balaban J connectivity index is 2.01. The van der Waals surface area contributed by atoms with Gasteiger partial charge in [-0.05, 0) is 30.0 Å². The Morgan fingerprint density at radius 1 is 1.33 bits per heavy atom. The lowest BCUT2D eigenvalue weighted by Crippen LogP contribution is -2.27. The number of hydrogen-bond acceptors (Lipinski definition) is 6. The van der Waals surface area contributed by atoms with Crippen LogP contribution in [0.15, 0.2) is 45.3 Å². The highest BCUT2D eigenvalue weighted by atomic mass is 16.5. The molecule has 0 saturated carbocycles. The van der Waals surface area contributed by atoms with Crippen LogP contribution in [0, 0.1) is 0 Å². The summed E-state index contributed by atoms with van der Waals surface area (Å²) in [5.41, 5.74) is 1.22. The summed E-state index contributed by atoms with van der Waals surface area (Å²) in [7, 11) is 1.34. The summed E-state index contributed by atoms with van der Waals surface area (Å²) >= 11 is 0. The first-order valence-electron chi connectivity index (χ1n) is 8.59. The van der Waals surface area contributed by atoms with Crippen molar-refractivity contribution >= 4 is 33.8 Å². The molecule has 0 radical (unpaired) electrons. The molecule has 0 fully saturated rings. The fourth-order valence-electron chi connectivity index (χ4n) is 3.54. The van der Waals surface area contributed by atoms with Crippen LogP contribution in [0.1, 0.15) is 24.7 Å². The maximum atomic E-state index is 12.5. The largest absolute Gasteiger partial charge is 0.512 e. The lowest BCUT2D eigenvalue weighted by Gasteiger charge is -2.26. The molecule has 6 nitrogen and oxygen atoms in total. The highest BCUT2D eigenvalue weighted by Gasteiger charge is 2.27. The number of carbonyl (C=O) groups is 1. The molecule has 0 saturated heterocycles. The Kier molecular flexibility index (Phi) is 4.11. The highest BCUT2D eigenvalue weighted by Crippen LogP contribution is 2.40. The van der Waals surface area contributed by atoms with Crippen LogP contribution < -0.4 is 10.2 Å². The number of aliphatic hydroxyl groups is 1. The van der Waals surface area contributed by atoms with Crippen LogP contribution in [0.3, 0.4) is 0 Å². The molecular weight excluding hydrogens is 348 g/mol. The number of carbonyl (C=O) groups excluding carboxylic acids is 1. The van der Waals surface area contributed by atoms with Gasteiger partial charge in [0.2, 0.25) is 0 Å². The summed E-state index contributed by atoms with van der Waals surface area (Å²) < 4.78 is 16.7. The van der Waals surface area contributed by atoms with Gasteiger partial charge in [-0.25, -0.2) is 0 Å². The smallest absolute Gasteiger partial charge is 0.309 e. The van der Waals surface area contributed by atoms with Gasteiger partial charge in [-0.3, -0.25) is 9.59 Å². The average molecular weight is 366 g/mol. The molecule has 1 unspecified atom stereocenters. The number of methoxy groups -OCH3 is 1. The first-order valence-corrected chi connectivity index (χ1v) is 8.59. The van der Waals surface area contributed by atoms with E-state index in [4.69, 9.17) is 13.9 Å². The molecule has 1 aliphatic heterocycles. The molecule has 27 heavy (non-hydrogen) atoms. The predicted molar refractivity (Wildman–Crippen MR) is 101 cm³/mol. The Hall–Kier alpha value is -3.28. The number of esters is 1. The van der Waals surface area contributed by atoms with Gasteiger partial charge in [0.05, 0.1) is 30.1 Å². The van der Waals surface area contributed by atoms with E-state index in [1.807, 2.05) is 12.1 Å². The van der Waals surface area contributed by atoms with Crippen LogP contribution in [0.4, 0.5) is 0 Å². The number of rotatable bonds is 3. The summed E-state index contributed by atoms with van der Waals surface area (Å²) in [5, 5.41) is 11.6. The number of benzene rings is 2. The Labute approximate surface area is 154 Å². The van der Waals surface area contributed by atoms with E-state index >= 15 is 0 Å². The van der Waals surface area contributed by atoms with E-state index in [0.717, 1.165) is 16.3 Å². The van der Waals surface area contributed by atoms with E-state index in [9.17, 15) is 14.7 Å².